The molecule has 0 spiro atoms. The lowest BCUT2D eigenvalue weighted by Gasteiger charge is -2.11. The molecule has 1 rings (SSSR count). The fourth-order valence-electron chi connectivity index (χ4n) is 1.33. The van der Waals surface area contributed by atoms with Crippen molar-refractivity contribution in [2.75, 3.05) is 12.4 Å². The molecule has 0 radical (unpaired) electrons. The number of hydrogen-bond acceptors (Lipinski definition) is 3. The molecule has 82 valence electrons. The van der Waals surface area contributed by atoms with E-state index < -0.39 is 0 Å². The summed E-state index contributed by atoms with van der Waals surface area (Å²) < 4.78 is 5.16. The summed E-state index contributed by atoms with van der Waals surface area (Å²) in [6.07, 6.45) is 3.79. The first-order valence-corrected chi connectivity index (χ1v) is 5.98. The summed E-state index contributed by atoms with van der Waals surface area (Å²) in [6, 6.07) is 0. The second-order valence-corrected chi connectivity index (χ2v) is 5.05. The Balaban J connectivity index is 2.10. The highest BCUT2D eigenvalue weighted by Crippen LogP contribution is 2.49. The van der Waals surface area contributed by atoms with Gasteiger partial charge in [-0.15, -0.1) is 0 Å². The highest BCUT2D eigenvalue weighted by atomic mass is 32.1. The van der Waals surface area contributed by atoms with Crippen molar-refractivity contribution in [2.24, 2.45) is 11.3 Å². The van der Waals surface area contributed by atoms with Crippen molar-refractivity contribution in [1.29, 1.82) is 0 Å². The quantitative estimate of drug-likeness (QED) is 0.546. The Hall–Kier alpha value is -0.180. The number of carbonyl (C=O) groups is 1. The molecule has 2 nitrogen and oxygen atoms in total. The van der Waals surface area contributed by atoms with Crippen LogP contribution < -0.4 is 0 Å². The average molecular weight is 216 g/mol. The Kier molecular flexibility index (Phi) is 4.30. The van der Waals surface area contributed by atoms with E-state index in [0.717, 1.165) is 25.0 Å². The first-order valence-electron chi connectivity index (χ1n) is 5.34. The fraction of sp³-hybridized carbons (Fsp3) is 0.909. The van der Waals surface area contributed by atoms with Gasteiger partial charge in [0.15, 0.2) is 0 Å². The van der Waals surface area contributed by atoms with Crippen LogP contribution in [0, 0.1) is 11.3 Å². The van der Waals surface area contributed by atoms with E-state index in [1.54, 1.807) is 0 Å². The van der Waals surface area contributed by atoms with Crippen molar-refractivity contribution in [3.05, 3.63) is 0 Å². The monoisotopic (exact) mass is 216 g/mol. The van der Waals surface area contributed by atoms with Gasteiger partial charge in [-0.3, -0.25) is 4.79 Å². The summed E-state index contributed by atoms with van der Waals surface area (Å²) in [5.41, 5.74) is 0.192. The number of hydrogen-bond donors (Lipinski definition) is 1. The van der Waals surface area contributed by atoms with Gasteiger partial charge in [0, 0.05) is 0 Å². The molecular formula is C11H20O2S. The predicted molar refractivity (Wildman–Crippen MR) is 60.6 cm³/mol. The van der Waals surface area contributed by atoms with Gasteiger partial charge >= 0.3 is 5.97 Å². The molecule has 0 N–H and O–H groups in total. The zero-order valence-electron chi connectivity index (χ0n) is 9.08. The van der Waals surface area contributed by atoms with Crippen molar-refractivity contribution in [1.82, 2.24) is 0 Å². The summed E-state index contributed by atoms with van der Waals surface area (Å²) in [5.74, 6) is 1.37. The number of ether oxygens (including phenoxy) is 1. The first kappa shape index (κ1) is 11.9. The second kappa shape index (κ2) is 5.06. The molecule has 0 aromatic rings. The second-order valence-electron chi connectivity index (χ2n) is 4.74. The number of carbonyl (C=O) groups excluding carboxylic acids is 1. The molecule has 1 aliphatic rings. The van der Waals surface area contributed by atoms with Crippen molar-refractivity contribution >= 4 is 18.6 Å². The molecule has 0 bridgehead atoms. The smallest absolute Gasteiger partial charge is 0.306 e. The van der Waals surface area contributed by atoms with E-state index in [9.17, 15) is 4.79 Å². The van der Waals surface area contributed by atoms with Crippen LogP contribution >= 0.6 is 12.6 Å². The zero-order valence-corrected chi connectivity index (χ0v) is 9.98. The SMILES string of the molecule is CC(C)CCOC(=O)CC1(CS)CC1. The van der Waals surface area contributed by atoms with E-state index >= 15 is 0 Å². The van der Waals surface area contributed by atoms with Gasteiger partial charge in [-0.1, -0.05) is 13.8 Å². The van der Waals surface area contributed by atoms with E-state index in [4.69, 9.17) is 4.74 Å². The van der Waals surface area contributed by atoms with E-state index in [1.165, 1.54) is 0 Å². The van der Waals surface area contributed by atoms with Crippen LogP contribution in [-0.2, 0) is 9.53 Å². The van der Waals surface area contributed by atoms with Gasteiger partial charge in [0.1, 0.15) is 0 Å². The maximum absolute atomic E-state index is 11.4. The van der Waals surface area contributed by atoms with Crippen molar-refractivity contribution < 1.29 is 9.53 Å². The summed E-state index contributed by atoms with van der Waals surface area (Å²) in [5, 5.41) is 0. The zero-order chi connectivity index (χ0) is 10.6. The van der Waals surface area contributed by atoms with Gasteiger partial charge in [0.2, 0.25) is 0 Å². The van der Waals surface area contributed by atoms with Crippen LogP contribution in [0.3, 0.4) is 0 Å². The van der Waals surface area contributed by atoms with Gasteiger partial charge in [-0.05, 0) is 36.3 Å². The Morgan fingerprint density at radius 2 is 2.14 bits per heavy atom. The molecular weight excluding hydrogens is 196 g/mol. The lowest BCUT2D eigenvalue weighted by Crippen LogP contribution is -2.14. The third kappa shape index (κ3) is 3.91. The van der Waals surface area contributed by atoms with Gasteiger partial charge in [-0.2, -0.15) is 12.6 Å². The van der Waals surface area contributed by atoms with Crippen LogP contribution in [0.15, 0.2) is 0 Å². The topological polar surface area (TPSA) is 26.3 Å². The molecule has 1 aliphatic carbocycles. The summed E-state index contributed by atoms with van der Waals surface area (Å²) in [4.78, 5) is 11.4. The third-order valence-corrected chi connectivity index (χ3v) is 3.44. The predicted octanol–water partition coefficient (Wildman–Crippen LogP) is 2.68. The molecule has 0 aliphatic heterocycles. The Labute approximate surface area is 91.8 Å². The van der Waals surface area contributed by atoms with Crippen LogP contribution in [0.5, 0.6) is 0 Å². The largest absolute Gasteiger partial charge is 0.466 e. The summed E-state index contributed by atoms with van der Waals surface area (Å²) >= 11 is 4.25. The molecule has 0 amide bonds. The number of esters is 1. The standard InChI is InChI=1S/C11H20O2S/c1-9(2)3-6-13-10(12)7-11(8-14)4-5-11/h9,14H,3-8H2,1-2H3. The summed E-state index contributed by atoms with van der Waals surface area (Å²) in [6.45, 7) is 4.83. The minimum absolute atomic E-state index is 0.0443. The van der Waals surface area contributed by atoms with Gasteiger partial charge in [0.25, 0.3) is 0 Å². The lowest BCUT2D eigenvalue weighted by atomic mass is 10.1. The van der Waals surface area contributed by atoms with E-state index in [-0.39, 0.29) is 11.4 Å². The minimum atomic E-state index is -0.0443. The molecule has 3 heteroatoms. The van der Waals surface area contributed by atoms with Crippen LogP contribution in [0.4, 0.5) is 0 Å². The summed E-state index contributed by atoms with van der Waals surface area (Å²) in [7, 11) is 0. The Bertz CT molecular complexity index is 197. The van der Waals surface area contributed by atoms with E-state index in [1.807, 2.05) is 0 Å². The molecule has 1 saturated carbocycles. The molecule has 0 aromatic carbocycles. The highest BCUT2D eigenvalue weighted by molar-refractivity contribution is 7.80. The van der Waals surface area contributed by atoms with Gasteiger partial charge in [-0.25, -0.2) is 0 Å². The maximum Gasteiger partial charge on any atom is 0.306 e. The van der Waals surface area contributed by atoms with E-state index in [0.29, 0.717) is 18.9 Å². The maximum atomic E-state index is 11.4. The Morgan fingerprint density at radius 1 is 1.50 bits per heavy atom. The molecule has 1 fully saturated rings. The van der Waals surface area contributed by atoms with Crippen LogP contribution in [0.2, 0.25) is 0 Å². The molecule has 0 aromatic heterocycles. The molecule has 0 atom stereocenters. The van der Waals surface area contributed by atoms with Crippen molar-refractivity contribution in [2.45, 2.75) is 39.5 Å². The molecule has 0 heterocycles. The average Bonchev–Trinajstić information content (AvgIpc) is 2.85. The van der Waals surface area contributed by atoms with Crippen LogP contribution in [0.25, 0.3) is 0 Å². The molecule has 0 saturated heterocycles. The highest BCUT2D eigenvalue weighted by Gasteiger charge is 2.43. The van der Waals surface area contributed by atoms with E-state index in [2.05, 4.69) is 26.5 Å². The van der Waals surface area contributed by atoms with Crippen molar-refractivity contribution in [3.8, 4) is 0 Å². The number of thiol groups is 1. The van der Waals surface area contributed by atoms with Gasteiger partial charge in [0.05, 0.1) is 13.0 Å². The normalized spacial score (nSPS) is 18.3. The minimum Gasteiger partial charge on any atom is -0.466 e. The van der Waals surface area contributed by atoms with Crippen LogP contribution in [0.1, 0.15) is 39.5 Å². The number of rotatable bonds is 6. The lowest BCUT2D eigenvalue weighted by molar-refractivity contribution is -0.145. The fourth-order valence-corrected chi connectivity index (χ4v) is 1.76. The Morgan fingerprint density at radius 3 is 2.57 bits per heavy atom. The van der Waals surface area contributed by atoms with Crippen LogP contribution in [-0.4, -0.2) is 18.3 Å². The molecule has 14 heavy (non-hydrogen) atoms. The third-order valence-electron chi connectivity index (χ3n) is 2.77. The molecule has 0 unspecified atom stereocenters. The first-order chi connectivity index (χ1) is 6.58. The van der Waals surface area contributed by atoms with Crippen molar-refractivity contribution in [3.63, 3.8) is 0 Å². The van der Waals surface area contributed by atoms with Gasteiger partial charge < -0.3 is 4.74 Å².